The van der Waals surface area contributed by atoms with E-state index in [0.29, 0.717) is 5.84 Å². The van der Waals surface area contributed by atoms with Crippen molar-refractivity contribution in [3.63, 3.8) is 0 Å². The van der Waals surface area contributed by atoms with Gasteiger partial charge >= 0.3 is 0 Å². The Labute approximate surface area is 103 Å². The summed E-state index contributed by atoms with van der Waals surface area (Å²) >= 11 is 1.26. The summed E-state index contributed by atoms with van der Waals surface area (Å²) in [7, 11) is 0. The van der Waals surface area contributed by atoms with E-state index in [1.54, 1.807) is 0 Å². The maximum Gasteiger partial charge on any atom is 0.164 e. The van der Waals surface area contributed by atoms with E-state index >= 15 is 0 Å². The maximum absolute atomic E-state index is 7.93. The summed E-state index contributed by atoms with van der Waals surface area (Å²) in [6.07, 6.45) is 4.23. The Kier molecular flexibility index (Phi) is 2.32. The van der Waals surface area contributed by atoms with Crippen molar-refractivity contribution in [1.29, 1.82) is 16.2 Å². The lowest BCUT2D eigenvalue weighted by molar-refractivity contribution is 0.698. The molecule has 88 valence electrons. The van der Waals surface area contributed by atoms with Gasteiger partial charge in [-0.3, -0.25) is 16.2 Å². The second-order valence-electron chi connectivity index (χ2n) is 4.30. The van der Waals surface area contributed by atoms with E-state index in [2.05, 4.69) is 10.6 Å². The Morgan fingerprint density at radius 3 is 2.24 bits per heavy atom. The van der Waals surface area contributed by atoms with Gasteiger partial charge in [-0.05, 0) is 48.6 Å². The van der Waals surface area contributed by atoms with Crippen LogP contribution < -0.4 is 10.6 Å². The number of allylic oxidation sites excluding steroid dienone is 1. The minimum absolute atomic E-state index is 0.273. The van der Waals surface area contributed by atoms with Crippen molar-refractivity contribution in [2.24, 2.45) is 0 Å². The van der Waals surface area contributed by atoms with E-state index in [4.69, 9.17) is 16.2 Å². The summed E-state index contributed by atoms with van der Waals surface area (Å²) in [5.74, 6) is 0.753. The van der Waals surface area contributed by atoms with Gasteiger partial charge in [0, 0.05) is 0 Å². The minimum atomic E-state index is 0.273. The smallest absolute Gasteiger partial charge is 0.164 e. The molecule has 0 saturated carbocycles. The zero-order valence-corrected chi connectivity index (χ0v) is 10.1. The molecule has 0 spiro atoms. The standard InChI is InChI=1S/C11H13N5S/c12-9-6-4-2-1-3-5(6)7(15-9)8-10(13)16-11(14)17-8/h1-4H2,(H2,12,15)(H3,13,14,16)/b8-7+. The van der Waals surface area contributed by atoms with Crippen LogP contribution in [-0.4, -0.2) is 16.8 Å². The van der Waals surface area contributed by atoms with Gasteiger partial charge in [0.05, 0.1) is 10.6 Å². The van der Waals surface area contributed by atoms with Crippen molar-refractivity contribution in [2.75, 3.05) is 0 Å². The molecule has 0 aromatic rings. The van der Waals surface area contributed by atoms with Gasteiger partial charge in [-0.25, -0.2) is 0 Å². The molecule has 2 heterocycles. The summed E-state index contributed by atoms with van der Waals surface area (Å²) in [4.78, 5) is 0.756. The summed E-state index contributed by atoms with van der Waals surface area (Å²) < 4.78 is 0. The van der Waals surface area contributed by atoms with Crippen LogP contribution in [0.5, 0.6) is 0 Å². The molecule has 5 nitrogen and oxygen atoms in total. The number of hydrogen-bond donors (Lipinski definition) is 5. The van der Waals surface area contributed by atoms with Gasteiger partial charge in [0.2, 0.25) is 0 Å². The summed E-state index contributed by atoms with van der Waals surface area (Å²) in [5.41, 5.74) is 3.17. The fraction of sp³-hybridized carbons (Fsp3) is 0.364. The molecule has 1 fully saturated rings. The lowest BCUT2D eigenvalue weighted by atomic mass is 9.92. The predicted molar refractivity (Wildman–Crippen MR) is 69.6 cm³/mol. The van der Waals surface area contributed by atoms with Crippen LogP contribution in [0.3, 0.4) is 0 Å². The number of amidine groups is 3. The Morgan fingerprint density at radius 2 is 1.59 bits per heavy atom. The number of rotatable bonds is 0. The zero-order chi connectivity index (χ0) is 12.0. The molecule has 0 bridgehead atoms. The molecular formula is C11H13N5S. The molecule has 0 atom stereocenters. The predicted octanol–water partition coefficient (Wildman–Crippen LogP) is 1.90. The maximum atomic E-state index is 7.93. The van der Waals surface area contributed by atoms with Gasteiger partial charge in [0.15, 0.2) is 5.17 Å². The van der Waals surface area contributed by atoms with Crippen LogP contribution in [0, 0.1) is 16.2 Å². The van der Waals surface area contributed by atoms with Crippen LogP contribution in [0.15, 0.2) is 21.7 Å². The molecule has 6 heteroatoms. The van der Waals surface area contributed by atoms with E-state index in [-0.39, 0.29) is 11.0 Å². The van der Waals surface area contributed by atoms with E-state index in [1.807, 2.05) is 0 Å². The minimum Gasteiger partial charge on any atom is -0.339 e. The molecule has 0 aromatic heterocycles. The molecule has 0 amide bonds. The third-order valence-corrected chi connectivity index (χ3v) is 4.14. The molecule has 17 heavy (non-hydrogen) atoms. The highest BCUT2D eigenvalue weighted by molar-refractivity contribution is 8.18. The molecule has 5 N–H and O–H groups in total. The first-order chi connectivity index (χ1) is 8.16. The first kappa shape index (κ1) is 10.6. The highest BCUT2D eigenvalue weighted by Crippen LogP contribution is 2.38. The van der Waals surface area contributed by atoms with Crippen LogP contribution in [-0.2, 0) is 0 Å². The molecular weight excluding hydrogens is 234 g/mol. The lowest BCUT2D eigenvalue weighted by Crippen LogP contribution is -2.21. The Hall–Kier alpha value is -1.56. The van der Waals surface area contributed by atoms with Gasteiger partial charge in [0.25, 0.3) is 0 Å². The molecule has 0 aromatic carbocycles. The molecule has 1 saturated heterocycles. The third-order valence-electron chi connectivity index (χ3n) is 3.22. The van der Waals surface area contributed by atoms with E-state index in [0.717, 1.165) is 41.9 Å². The number of nitrogens with one attached hydrogen (secondary N) is 5. The van der Waals surface area contributed by atoms with Gasteiger partial charge < -0.3 is 10.6 Å². The molecule has 0 radical (unpaired) electrons. The van der Waals surface area contributed by atoms with E-state index < -0.39 is 0 Å². The summed E-state index contributed by atoms with van der Waals surface area (Å²) in [5, 5.41) is 29.3. The van der Waals surface area contributed by atoms with Crippen LogP contribution in [0.1, 0.15) is 25.7 Å². The van der Waals surface area contributed by atoms with Crippen LogP contribution in [0.25, 0.3) is 0 Å². The highest BCUT2D eigenvalue weighted by Gasteiger charge is 2.32. The monoisotopic (exact) mass is 247 g/mol. The van der Waals surface area contributed by atoms with Gasteiger partial charge in [-0.2, -0.15) is 0 Å². The van der Waals surface area contributed by atoms with E-state index in [1.165, 1.54) is 17.3 Å². The van der Waals surface area contributed by atoms with Gasteiger partial charge in [-0.1, -0.05) is 0 Å². The first-order valence-corrected chi connectivity index (χ1v) is 6.43. The topological polar surface area (TPSA) is 95.6 Å². The van der Waals surface area contributed by atoms with Crippen molar-refractivity contribution < 1.29 is 0 Å². The second-order valence-corrected chi connectivity index (χ2v) is 5.32. The number of thioether (sulfide) groups is 1. The van der Waals surface area contributed by atoms with Crippen molar-refractivity contribution in [3.05, 3.63) is 21.7 Å². The van der Waals surface area contributed by atoms with Crippen molar-refractivity contribution >= 4 is 28.6 Å². The average molecular weight is 247 g/mol. The molecule has 3 rings (SSSR count). The zero-order valence-electron chi connectivity index (χ0n) is 9.24. The van der Waals surface area contributed by atoms with Crippen LogP contribution >= 0.6 is 11.8 Å². The Balaban J connectivity index is 2.08. The molecule has 2 aliphatic heterocycles. The first-order valence-electron chi connectivity index (χ1n) is 5.62. The third kappa shape index (κ3) is 1.59. The van der Waals surface area contributed by atoms with Crippen molar-refractivity contribution in [2.45, 2.75) is 25.7 Å². The fourth-order valence-corrected chi connectivity index (χ4v) is 3.24. The summed E-state index contributed by atoms with van der Waals surface area (Å²) in [6, 6.07) is 0. The number of hydrogen-bond acceptors (Lipinski definition) is 4. The van der Waals surface area contributed by atoms with Crippen LogP contribution in [0.4, 0.5) is 0 Å². The van der Waals surface area contributed by atoms with Crippen molar-refractivity contribution in [3.8, 4) is 0 Å². The van der Waals surface area contributed by atoms with Crippen molar-refractivity contribution in [1.82, 2.24) is 10.6 Å². The van der Waals surface area contributed by atoms with Crippen LogP contribution in [0.2, 0.25) is 0 Å². The second kappa shape index (κ2) is 3.73. The van der Waals surface area contributed by atoms with Gasteiger partial charge in [0.1, 0.15) is 11.7 Å². The Morgan fingerprint density at radius 1 is 0.882 bits per heavy atom. The largest absolute Gasteiger partial charge is 0.339 e. The molecule has 0 unspecified atom stereocenters. The van der Waals surface area contributed by atoms with Gasteiger partial charge in [-0.15, -0.1) is 0 Å². The molecule has 1 aliphatic carbocycles. The highest BCUT2D eigenvalue weighted by atomic mass is 32.2. The fourth-order valence-electron chi connectivity index (χ4n) is 2.45. The Bertz CT molecular complexity index is 514. The summed E-state index contributed by atoms with van der Waals surface area (Å²) in [6.45, 7) is 0. The molecule has 3 aliphatic rings. The normalized spacial score (nSPS) is 28.4. The SMILES string of the molecule is N=C1NC(=N)/C(=C2\NC(=N)C3=C2CCCC3)S1. The quantitative estimate of drug-likeness (QED) is 0.452. The van der Waals surface area contributed by atoms with E-state index in [9.17, 15) is 0 Å². The lowest BCUT2D eigenvalue weighted by Gasteiger charge is -2.13. The average Bonchev–Trinajstić information content (AvgIpc) is 2.80.